The molecular formula is C15H14Cl2Zr. The molecule has 2 aromatic carbocycles. The third-order valence-corrected chi connectivity index (χ3v) is 3.20. The van der Waals surface area contributed by atoms with Crippen LogP contribution in [0.25, 0.3) is 11.1 Å². The first-order valence-electron chi connectivity index (χ1n) is 5.81. The van der Waals surface area contributed by atoms with E-state index in [9.17, 15) is 0 Å². The van der Waals surface area contributed by atoms with Gasteiger partial charge in [0.25, 0.3) is 0 Å². The molecule has 0 heterocycles. The van der Waals surface area contributed by atoms with Gasteiger partial charge in [-0.25, -0.2) is 0 Å². The number of hydrogen-bond acceptors (Lipinski definition) is 0. The van der Waals surface area contributed by atoms with Crippen molar-refractivity contribution in [3.8, 4) is 11.1 Å². The molecule has 0 radical (unpaired) electrons. The molecule has 0 N–H and O–H groups in total. The van der Waals surface area contributed by atoms with E-state index in [2.05, 4.69) is 50.2 Å². The summed E-state index contributed by atoms with van der Waals surface area (Å²) in [6.45, 7) is 4.32. The van der Waals surface area contributed by atoms with Crippen LogP contribution in [0.15, 0.2) is 36.4 Å². The summed E-state index contributed by atoms with van der Waals surface area (Å²) in [6.07, 6.45) is 1.10. The fourth-order valence-electron chi connectivity index (χ4n) is 2.40. The van der Waals surface area contributed by atoms with Crippen molar-refractivity contribution in [2.45, 2.75) is 20.3 Å². The first kappa shape index (κ1) is 14.3. The summed E-state index contributed by atoms with van der Waals surface area (Å²) in [5.74, 6) is 0. The Bertz CT molecular complexity index is 515. The molecule has 3 rings (SSSR count). The zero-order valence-electron chi connectivity index (χ0n) is 10.4. The average molecular weight is 356 g/mol. The molecule has 0 nitrogen and oxygen atoms in total. The van der Waals surface area contributed by atoms with Gasteiger partial charge in [0.1, 0.15) is 0 Å². The van der Waals surface area contributed by atoms with Gasteiger partial charge in [0.05, 0.1) is 0 Å². The van der Waals surface area contributed by atoms with Gasteiger partial charge < -0.3 is 0 Å². The second-order valence-electron chi connectivity index (χ2n) is 4.57. The molecule has 0 fully saturated rings. The van der Waals surface area contributed by atoms with E-state index in [1.165, 1.54) is 33.4 Å². The van der Waals surface area contributed by atoms with Gasteiger partial charge in [-0.3, -0.25) is 0 Å². The van der Waals surface area contributed by atoms with Crippen LogP contribution in [0.5, 0.6) is 0 Å². The number of benzene rings is 2. The molecule has 0 saturated carbocycles. The van der Waals surface area contributed by atoms with Crippen LogP contribution in [0.2, 0.25) is 0 Å². The Labute approximate surface area is 127 Å². The summed E-state index contributed by atoms with van der Waals surface area (Å²) < 4.78 is 0. The maximum atomic E-state index is 4.93. The maximum absolute atomic E-state index is 4.93. The summed E-state index contributed by atoms with van der Waals surface area (Å²) in [5.41, 5.74) is 8.52. The molecule has 0 aliphatic heterocycles. The molecular weight excluding hydrogens is 342 g/mol. The fraction of sp³-hybridized carbons (Fsp3) is 0.200. The van der Waals surface area contributed by atoms with Crippen LogP contribution in [0.3, 0.4) is 0 Å². The average Bonchev–Trinajstić information content (AvgIpc) is 2.68. The summed E-state index contributed by atoms with van der Waals surface area (Å²) in [4.78, 5) is 0. The van der Waals surface area contributed by atoms with Crippen LogP contribution in [0, 0.1) is 13.8 Å². The first-order chi connectivity index (χ1) is 8.65. The molecule has 0 spiro atoms. The normalized spacial score (nSPS) is 11.1. The van der Waals surface area contributed by atoms with Gasteiger partial charge in [-0.1, -0.05) is 47.5 Å². The van der Waals surface area contributed by atoms with Crippen molar-refractivity contribution in [1.29, 1.82) is 0 Å². The summed E-state index contributed by atoms with van der Waals surface area (Å²) in [6, 6.07) is 13.6. The van der Waals surface area contributed by atoms with E-state index in [1.54, 1.807) is 0 Å². The standard InChI is InChI=1S/C15H14.2ClH.Zr/c1-10-3-5-12-9-13-6-4-11(2)8-15(13)14(12)7-10;;;/h3-8H,9H2,1-2H3;2*1H;/q;;;+2/p-2. The third-order valence-electron chi connectivity index (χ3n) is 3.20. The van der Waals surface area contributed by atoms with E-state index < -0.39 is 20.8 Å². The van der Waals surface area contributed by atoms with Crippen molar-refractivity contribution in [2.24, 2.45) is 0 Å². The van der Waals surface area contributed by atoms with Crippen molar-refractivity contribution < 1.29 is 20.8 Å². The van der Waals surface area contributed by atoms with Crippen molar-refractivity contribution >= 4 is 17.0 Å². The molecule has 92 valence electrons. The summed E-state index contributed by atoms with van der Waals surface area (Å²) in [7, 11) is 9.87. The minimum absolute atomic E-state index is 0.826. The SMILES string of the molecule is Cc1ccc2c(c1)-c1cc(C)ccc1C2.[Cl][Zr][Cl]. The van der Waals surface area contributed by atoms with Gasteiger partial charge >= 0.3 is 37.9 Å². The molecule has 0 amide bonds. The second kappa shape index (κ2) is 6.37. The third kappa shape index (κ3) is 3.07. The number of aryl methyl sites for hydroxylation is 2. The van der Waals surface area contributed by atoms with Crippen LogP contribution in [-0.4, -0.2) is 0 Å². The van der Waals surface area contributed by atoms with Crippen molar-refractivity contribution in [1.82, 2.24) is 0 Å². The van der Waals surface area contributed by atoms with Gasteiger partial charge in [-0.15, -0.1) is 0 Å². The van der Waals surface area contributed by atoms with E-state index in [-0.39, 0.29) is 0 Å². The molecule has 0 bridgehead atoms. The molecule has 1 aliphatic carbocycles. The van der Waals surface area contributed by atoms with Gasteiger partial charge in [0.15, 0.2) is 0 Å². The monoisotopic (exact) mass is 354 g/mol. The Balaban J connectivity index is 0.000000367. The quantitative estimate of drug-likeness (QED) is 0.516. The predicted octanol–water partition coefficient (Wildman–Crippen LogP) is 5.25. The molecule has 0 aromatic heterocycles. The Morgan fingerprint density at radius 1 is 0.833 bits per heavy atom. The van der Waals surface area contributed by atoms with Crippen LogP contribution < -0.4 is 0 Å². The Morgan fingerprint density at radius 3 is 1.61 bits per heavy atom. The van der Waals surface area contributed by atoms with Crippen molar-refractivity contribution in [3.05, 3.63) is 58.7 Å². The topological polar surface area (TPSA) is 0 Å². The first-order valence-corrected chi connectivity index (χ1v) is 12.1. The van der Waals surface area contributed by atoms with E-state index in [4.69, 9.17) is 17.0 Å². The zero-order chi connectivity index (χ0) is 13.1. The summed E-state index contributed by atoms with van der Waals surface area (Å²) >= 11 is -0.826. The molecule has 1 aliphatic rings. The number of halogens is 2. The van der Waals surface area contributed by atoms with Crippen LogP contribution in [0.1, 0.15) is 22.3 Å². The number of hydrogen-bond donors (Lipinski definition) is 0. The van der Waals surface area contributed by atoms with Gasteiger partial charge in [0.2, 0.25) is 0 Å². The zero-order valence-corrected chi connectivity index (χ0v) is 14.4. The van der Waals surface area contributed by atoms with Gasteiger partial charge in [-0.05, 0) is 42.5 Å². The van der Waals surface area contributed by atoms with E-state index >= 15 is 0 Å². The fourth-order valence-corrected chi connectivity index (χ4v) is 2.40. The number of rotatable bonds is 0. The Kier molecular flexibility index (Phi) is 5.07. The van der Waals surface area contributed by atoms with Crippen LogP contribution in [-0.2, 0) is 27.3 Å². The van der Waals surface area contributed by atoms with Crippen LogP contribution >= 0.6 is 17.0 Å². The molecule has 0 atom stereocenters. The van der Waals surface area contributed by atoms with Crippen molar-refractivity contribution in [3.63, 3.8) is 0 Å². The molecule has 18 heavy (non-hydrogen) atoms. The van der Waals surface area contributed by atoms with E-state index in [1.807, 2.05) is 0 Å². The Hall–Kier alpha value is -0.0969. The van der Waals surface area contributed by atoms with E-state index in [0.717, 1.165) is 6.42 Å². The molecule has 0 saturated heterocycles. The van der Waals surface area contributed by atoms with E-state index in [0.29, 0.717) is 0 Å². The minimum atomic E-state index is -0.826. The van der Waals surface area contributed by atoms with Gasteiger partial charge in [-0.2, -0.15) is 0 Å². The number of fused-ring (bicyclic) bond motifs is 3. The molecule has 0 unspecified atom stereocenters. The second-order valence-corrected chi connectivity index (χ2v) is 8.30. The Morgan fingerprint density at radius 2 is 1.22 bits per heavy atom. The predicted molar refractivity (Wildman–Crippen MR) is 75.9 cm³/mol. The molecule has 3 heteroatoms. The molecule has 2 aromatic rings. The van der Waals surface area contributed by atoms with Crippen molar-refractivity contribution in [2.75, 3.05) is 0 Å². The summed E-state index contributed by atoms with van der Waals surface area (Å²) in [5, 5.41) is 0. The van der Waals surface area contributed by atoms with Gasteiger partial charge in [0, 0.05) is 0 Å². The van der Waals surface area contributed by atoms with Crippen LogP contribution in [0.4, 0.5) is 0 Å².